The van der Waals surface area contributed by atoms with E-state index in [1.165, 1.54) is 12.1 Å². The highest BCUT2D eigenvalue weighted by Gasteiger charge is 2.43. The zero-order valence-corrected chi connectivity index (χ0v) is 14.7. The molecule has 2 saturated heterocycles. The van der Waals surface area contributed by atoms with Gasteiger partial charge in [-0.3, -0.25) is 14.5 Å². The number of benzene rings is 1. The van der Waals surface area contributed by atoms with Crippen molar-refractivity contribution in [3.05, 3.63) is 35.6 Å². The van der Waals surface area contributed by atoms with E-state index in [1.54, 1.807) is 12.1 Å². The van der Waals surface area contributed by atoms with Crippen LogP contribution in [0.3, 0.4) is 0 Å². The Balaban J connectivity index is 1.87. The Labute approximate surface area is 148 Å². The van der Waals surface area contributed by atoms with Crippen molar-refractivity contribution >= 4 is 11.8 Å². The summed E-state index contributed by atoms with van der Waals surface area (Å²) >= 11 is 0. The highest BCUT2D eigenvalue weighted by molar-refractivity contribution is 5.81. The van der Waals surface area contributed by atoms with Gasteiger partial charge in [-0.25, -0.2) is 4.39 Å². The number of likely N-dealkylation sites (tertiary alicyclic amines) is 2. The molecule has 0 saturated carbocycles. The SMILES string of the molecule is CCC(=O)N1CCC[C@@H]1[C@H]1CCCN1[C@H](C(N)=O)c1ccc(F)cc1. The van der Waals surface area contributed by atoms with Gasteiger partial charge in [-0.2, -0.15) is 0 Å². The van der Waals surface area contributed by atoms with Crippen molar-refractivity contribution in [1.82, 2.24) is 9.80 Å². The summed E-state index contributed by atoms with van der Waals surface area (Å²) in [5.74, 6) is -0.586. The fraction of sp³-hybridized carbons (Fsp3) is 0.579. The predicted octanol–water partition coefficient (Wildman–Crippen LogP) is 2.22. The minimum Gasteiger partial charge on any atom is -0.368 e. The molecule has 2 aliphatic heterocycles. The summed E-state index contributed by atoms with van der Waals surface area (Å²) in [6.45, 7) is 3.44. The van der Waals surface area contributed by atoms with Crippen LogP contribution < -0.4 is 5.73 Å². The molecule has 1 aromatic carbocycles. The lowest BCUT2D eigenvalue weighted by Gasteiger charge is -2.38. The number of carbonyl (C=O) groups excluding carboxylic acids is 2. The zero-order valence-electron chi connectivity index (χ0n) is 14.7. The molecule has 0 radical (unpaired) electrons. The molecular weight excluding hydrogens is 321 g/mol. The van der Waals surface area contributed by atoms with Crippen molar-refractivity contribution in [2.75, 3.05) is 13.1 Å². The number of nitrogens with zero attached hydrogens (tertiary/aromatic N) is 2. The Bertz CT molecular complexity index is 634. The number of nitrogens with two attached hydrogens (primary N) is 1. The van der Waals surface area contributed by atoms with Crippen molar-refractivity contribution in [2.24, 2.45) is 5.73 Å². The van der Waals surface area contributed by atoms with Gasteiger partial charge in [0.1, 0.15) is 11.9 Å². The second-order valence-corrected chi connectivity index (χ2v) is 6.95. The van der Waals surface area contributed by atoms with Crippen molar-refractivity contribution in [3.63, 3.8) is 0 Å². The van der Waals surface area contributed by atoms with Crippen LogP contribution in [0.1, 0.15) is 50.6 Å². The fourth-order valence-electron chi connectivity index (χ4n) is 4.42. The highest BCUT2D eigenvalue weighted by Crippen LogP contribution is 2.36. The quantitative estimate of drug-likeness (QED) is 0.888. The van der Waals surface area contributed by atoms with Gasteiger partial charge in [0, 0.05) is 25.0 Å². The first kappa shape index (κ1) is 17.9. The maximum absolute atomic E-state index is 13.3. The van der Waals surface area contributed by atoms with Crippen LogP contribution in [0.15, 0.2) is 24.3 Å². The molecule has 25 heavy (non-hydrogen) atoms. The van der Waals surface area contributed by atoms with Crippen LogP contribution in [0.5, 0.6) is 0 Å². The van der Waals surface area contributed by atoms with Gasteiger partial charge in [0.25, 0.3) is 0 Å². The average molecular weight is 347 g/mol. The summed E-state index contributed by atoms with van der Waals surface area (Å²) in [4.78, 5) is 28.6. The normalized spacial score (nSPS) is 25.3. The van der Waals surface area contributed by atoms with E-state index in [-0.39, 0.29) is 23.8 Å². The van der Waals surface area contributed by atoms with E-state index in [0.717, 1.165) is 38.8 Å². The molecule has 0 aromatic heterocycles. The number of amides is 2. The minimum atomic E-state index is -0.577. The molecule has 0 bridgehead atoms. The molecule has 2 fully saturated rings. The number of primary amides is 1. The summed E-state index contributed by atoms with van der Waals surface area (Å²) < 4.78 is 13.3. The van der Waals surface area contributed by atoms with Gasteiger partial charge >= 0.3 is 0 Å². The molecule has 1 aromatic rings. The Morgan fingerprint density at radius 3 is 2.44 bits per heavy atom. The first-order chi connectivity index (χ1) is 12.0. The Morgan fingerprint density at radius 2 is 1.80 bits per heavy atom. The van der Waals surface area contributed by atoms with E-state index in [9.17, 15) is 14.0 Å². The van der Waals surface area contributed by atoms with Gasteiger partial charge in [-0.05, 0) is 49.9 Å². The maximum Gasteiger partial charge on any atom is 0.239 e. The van der Waals surface area contributed by atoms with Crippen LogP contribution in [0.2, 0.25) is 0 Å². The van der Waals surface area contributed by atoms with Crippen molar-refractivity contribution < 1.29 is 14.0 Å². The predicted molar refractivity (Wildman–Crippen MR) is 93.1 cm³/mol. The molecule has 2 amide bonds. The molecule has 2 N–H and O–H groups in total. The second kappa shape index (κ2) is 7.52. The topological polar surface area (TPSA) is 66.6 Å². The summed E-state index contributed by atoms with van der Waals surface area (Å²) in [7, 11) is 0. The average Bonchev–Trinajstić information content (AvgIpc) is 3.24. The summed E-state index contributed by atoms with van der Waals surface area (Å²) in [5.41, 5.74) is 6.43. The molecule has 0 aliphatic carbocycles. The van der Waals surface area contributed by atoms with E-state index < -0.39 is 11.9 Å². The zero-order chi connectivity index (χ0) is 18.0. The summed E-state index contributed by atoms with van der Waals surface area (Å²) in [6, 6.07) is 5.66. The van der Waals surface area contributed by atoms with Crippen LogP contribution >= 0.6 is 0 Å². The van der Waals surface area contributed by atoms with Crippen molar-refractivity contribution in [2.45, 2.75) is 57.2 Å². The van der Waals surface area contributed by atoms with Gasteiger partial charge in [-0.1, -0.05) is 19.1 Å². The van der Waals surface area contributed by atoms with E-state index >= 15 is 0 Å². The smallest absolute Gasteiger partial charge is 0.239 e. The third-order valence-corrected chi connectivity index (χ3v) is 5.50. The second-order valence-electron chi connectivity index (χ2n) is 6.95. The summed E-state index contributed by atoms with van der Waals surface area (Å²) in [5, 5.41) is 0. The molecule has 0 spiro atoms. The molecular formula is C19H26FN3O2. The minimum absolute atomic E-state index is 0.126. The Kier molecular flexibility index (Phi) is 5.37. The van der Waals surface area contributed by atoms with Gasteiger partial charge < -0.3 is 10.6 Å². The van der Waals surface area contributed by atoms with Crippen LogP contribution in [-0.4, -0.2) is 46.8 Å². The number of halogens is 1. The first-order valence-electron chi connectivity index (χ1n) is 9.13. The highest BCUT2D eigenvalue weighted by atomic mass is 19.1. The van der Waals surface area contributed by atoms with Gasteiger partial charge in [-0.15, -0.1) is 0 Å². The lowest BCUT2D eigenvalue weighted by atomic mass is 9.98. The van der Waals surface area contributed by atoms with E-state index in [0.29, 0.717) is 12.0 Å². The first-order valence-corrected chi connectivity index (χ1v) is 9.13. The molecule has 136 valence electrons. The fourth-order valence-corrected chi connectivity index (χ4v) is 4.42. The lowest BCUT2D eigenvalue weighted by Crippen LogP contribution is -2.51. The van der Waals surface area contributed by atoms with Gasteiger partial charge in [0.05, 0.1) is 0 Å². The van der Waals surface area contributed by atoms with Gasteiger partial charge in [0.15, 0.2) is 0 Å². The molecule has 3 atom stereocenters. The molecule has 2 aliphatic rings. The van der Waals surface area contributed by atoms with Crippen LogP contribution in [-0.2, 0) is 9.59 Å². The Hall–Kier alpha value is -1.95. The van der Waals surface area contributed by atoms with Crippen LogP contribution in [0.25, 0.3) is 0 Å². The summed E-state index contributed by atoms with van der Waals surface area (Å²) in [6.07, 6.45) is 4.38. The monoisotopic (exact) mass is 347 g/mol. The largest absolute Gasteiger partial charge is 0.368 e. The molecule has 2 heterocycles. The molecule has 3 rings (SSSR count). The standard InChI is InChI=1S/C19H26FN3O2/c1-2-17(24)22-11-3-5-15(22)16-6-4-12-23(16)18(19(21)25)13-7-9-14(20)10-8-13/h7-10,15-16,18H,2-6,11-12H2,1H3,(H2,21,25)/t15-,16-,18+/m1/s1. The van der Waals surface area contributed by atoms with E-state index in [1.807, 2.05) is 11.8 Å². The number of carbonyl (C=O) groups is 2. The Morgan fingerprint density at radius 1 is 1.16 bits per heavy atom. The number of rotatable bonds is 5. The van der Waals surface area contributed by atoms with Crippen molar-refractivity contribution in [1.29, 1.82) is 0 Å². The number of hydrogen-bond acceptors (Lipinski definition) is 3. The molecule has 0 unspecified atom stereocenters. The van der Waals surface area contributed by atoms with E-state index in [4.69, 9.17) is 5.73 Å². The third-order valence-electron chi connectivity index (χ3n) is 5.50. The lowest BCUT2D eigenvalue weighted by molar-refractivity contribution is -0.133. The number of hydrogen-bond donors (Lipinski definition) is 1. The molecule has 6 heteroatoms. The van der Waals surface area contributed by atoms with Crippen LogP contribution in [0, 0.1) is 5.82 Å². The third kappa shape index (κ3) is 3.54. The van der Waals surface area contributed by atoms with E-state index in [2.05, 4.69) is 4.90 Å². The van der Waals surface area contributed by atoms with Crippen molar-refractivity contribution in [3.8, 4) is 0 Å². The maximum atomic E-state index is 13.3. The van der Waals surface area contributed by atoms with Crippen LogP contribution in [0.4, 0.5) is 4.39 Å². The molecule has 5 nitrogen and oxygen atoms in total. The van der Waals surface area contributed by atoms with Gasteiger partial charge in [0.2, 0.25) is 11.8 Å².